The number of hydrogen-bond acceptors (Lipinski definition) is 5. The Morgan fingerprint density at radius 1 is 1.13 bits per heavy atom. The fraction of sp³-hybridized carbons (Fsp3) is 0.286. The van der Waals surface area contributed by atoms with Crippen LogP contribution in [0.2, 0.25) is 0 Å². The fourth-order valence-electron chi connectivity index (χ4n) is 2.69. The van der Waals surface area contributed by atoms with Gasteiger partial charge in [-0.25, -0.2) is 0 Å². The van der Waals surface area contributed by atoms with Gasteiger partial charge in [0.25, 0.3) is 0 Å². The van der Waals surface area contributed by atoms with Crippen LogP contribution in [-0.2, 0) is 11.3 Å². The minimum atomic E-state index is -2.86. The van der Waals surface area contributed by atoms with Crippen LogP contribution in [0.4, 0.5) is 8.78 Å². The van der Waals surface area contributed by atoms with Crippen LogP contribution in [0, 0.1) is 0 Å². The van der Waals surface area contributed by atoms with Crippen LogP contribution in [0.1, 0.15) is 30.9 Å². The summed E-state index contributed by atoms with van der Waals surface area (Å²) in [5.74, 6) is 0.537. The second kappa shape index (κ2) is 10.2. The molecule has 0 spiro atoms. The molecule has 3 rings (SSSR count). The highest BCUT2D eigenvalue weighted by molar-refractivity contribution is 7.99. The number of nitrogens with one attached hydrogen (secondary N) is 1. The first-order valence-corrected chi connectivity index (χ1v) is 10.3. The Morgan fingerprint density at radius 3 is 2.47 bits per heavy atom. The van der Waals surface area contributed by atoms with Gasteiger partial charge >= 0.3 is 6.61 Å². The molecule has 0 radical (unpaired) electrons. The molecule has 1 N–H and O–H groups in total. The lowest BCUT2D eigenvalue weighted by atomic mass is 10.0. The first kappa shape index (κ1) is 21.8. The molecule has 3 aromatic rings. The number of thioether (sulfide) groups is 1. The Kier molecular flexibility index (Phi) is 7.40. The van der Waals surface area contributed by atoms with E-state index in [-0.39, 0.29) is 24.0 Å². The van der Waals surface area contributed by atoms with Crippen molar-refractivity contribution in [3.8, 4) is 11.4 Å². The molecule has 0 saturated heterocycles. The van der Waals surface area contributed by atoms with Crippen molar-refractivity contribution in [3.63, 3.8) is 0 Å². The molecule has 30 heavy (non-hydrogen) atoms. The summed E-state index contributed by atoms with van der Waals surface area (Å²) >= 11 is 1.29. The van der Waals surface area contributed by atoms with Gasteiger partial charge in [0, 0.05) is 12.2 Å². The van der Waals surface area contributed by atoms with Crippen LogP contribution < -0.4 is 10.1 Å². The number of hydrogen-bond donors (Lipinski definition) is 1. The maximum atomic E-state index is 12.2. The summed E-state index contributed by atoms with van der Waals surface area (Å²) in [7, 11) is 0. The second-order valence-corrected chi connectivity index (χ2v) is 7.76. The van der Waals surface area contributed by atoms with Gasteiger partial charge in [-0.3, -0.25) is 9.36 Å². The van der Waals surface area contributed by atoms with E-state index in [9.17, 15) is 13.6 Å². The van der Waals surface area contributed by atoms with E-state index in [0.717, 1.165) is 11.3 Å². The maximum Gasteiger partial charge on any atom is 0.387 e. The summed E-state index contributed by atoms with van der Waals surface area (Å²) in [4.78, 5) is 12.2. The van der Waals surface area contributed by atoms with E-state index in [2.05, 4.69) is 46.2 Å². The highest BCUT2D eigenvalue weighted by atomic mass is 32.2. The smallest absolute Gasteiger partial charge is 0.387 e. The number of alkyl halides is 2. The third-order valence-corrected chi connectivity index (χ3v) is 5.27. The number of nitrogens with zero attached hydrogens (tertiary/aromatic N) is 3. The Bertz CT molecular complexity index is 960. The zero-order chi connectivity index (χ0) is 21.5. The summed E-state index contributed by atoms with van der Waals surface area (Å²) in [6, 6.07) is 14.3. The summed E-state index contributed by atoms with van der Waals surface area (Å²) < 4.78 is 30.5. The average molecular weight is 432 g/mol. The van der Waals surface area contributed by atoms with Gasteiger partial charge in [-0.15, -0.1) is 10.2 Å². The van der Waals surface area contributed by atoms with E-state index in [4.69, 9.17) is 0 Å². The minimum Gasteiger partial charge on any atom is -0.435 e. The molecule has 0 bridgehead atoms. The van der Waals surface area contributed by atoms with Crippen LogP contribution >= 0.6 is 11.8 Å². The molecule has 0 unspecified atom stereocenters. The van der Waals surface area contributed by atoms with E-state index in [0.29, 0.717) is 11.1 Å². The Labute approximate surface area is 177 Å². The van der Waals surface area contributed by atoms with E-state index in [1.54, 1.807) is 18.5 Å². The van der Waals surface area contributed by atoms with Crippen molar-refractivity contribution < 1.29 is 18.3 Å². The standard InChI is InChI=1S/C21H22F2N4O2S/c1-14(2)16-5-7-17(8-6-16)27-13-25-26-21(27)30-12-19(28)24-11-15-3-9-18(10-4-15)29-20(22)23/h3-10,13-14,20H,11-12H2,1-2H3,(H,24,28). The van der Waals surface area contributed by atoms with Crippen LogP contribution in [0.3, 0.4) is 0 Å². The van der Waals surface area contributed by atoms with E-state index < -0.39 is 6.61 Å². The zero-order valence-electron chi connectivity index (χ0n) is 16.6. The highest BCUT2D eigenvalue weighted by Gasteiger charge is 2.11. The highest BCUT2D eigenvalue weighted by Crippen LogP contribution is 2.22. The van der Waals surface area contributed by atoms with Crippen LogP contribution in [0.5, 0.6) is 5.75 Å². The topological polar surface area (TPSA) is 69.0 Å². The van der Waals surface area contributed by atoms with Crippen molar-refractivity contribution in [1.82, 2.24) is 20.1 Å². The van der Waals surface area contributed by atoms with Gasteiger partial charge in [0.1, 0.15) is 12.1 Å². The predicted octanol–water partition coefficient (Wildman–Crippen LogP) is 4.40. The molecule has 1 amide bonds. The van der Waals surface area contributed by atoms with Crippen molar-refractivity contribution >= 4 is 17.7 Å². The Hall–Kier alpha value is -2.94. The number of ether oxygens (including phenoxy) is 1. The molecule has 2 aromatic carbocycles. The van der Waals surface area contributed by atoms with Crippen molar-refractivity contribution in [2.45, 2.75) is 38.1 Å². The molecule has 0 fully saturated rings. The summed E-state index contributed by atoms with van der Waals surface area (Å²) in [5.41, 5.74) is 2.95. The van der Waals surface area contributed by atoms with Crippen LogP contribution in [0.15, 0.2) is 60.0 Å². The number of aromatic nitrogens is 3. The third kappa shape index (κ3) is 6.03. The van der Waals surface area contributed by atoms with Crippen molar-refractivity contribution in [2.75, 3.05) is 5.75 Å². The lowest BCUT2D eigenvalue weighted by Gasteiger charge is -2.10. The van der Waals surface area contributed by atoms with Crippen LogP contribution in [0.25, 0.3) is 5.69 Å². The van der Waals surface area contributed by atoms with Gasteiger partial charge in [-0.1, -0.05) is 49.9 Å². The maximum absolute atomic E-state index is 12.2. The van der Waals surface area contributed by atoms with Gasteiger partial charge < -0.3 is 10.1 Å². The van der Waals surface area contributed by atoms with Crippen molar-refractivity contribution in [1.29, 1.82) is 0 Å². The minimum absolute atomic E-state index is 0.0800. The first-order valence-electron chi connectivity index (χ1n) is 9.36. The first-order chi connectivity index (χ1) is 14.4. The average Bonchev–Trinajstić information content (AvgIpc) is 3.20. The molecule has 1 aromatic heterocycles. The molecule has 0 aliphatic heterocycles. The monoisotopic (exact) mass is 432 g/mol. The Balaban J connectivity index is 1.51. The molecule has 0 saturated carbocycles. The van der Waals surface area contributed by atoms with Crippen LogP contribution in [-0.4, -0.2) is 33.0 Å². The van der Waals surface area contributed by atoms with E-state index in [1.807, 2.05) is 16.7 Å². The molecule has 0 atom stereocenters. The number of halogens is 2. The predicted molar refractivity (Wildman–Crippen MR) is 111 cm³/mol. The molecule has 0 aliphatic carbocycles. The second-order valence-electron chi connectivity index (χ2n) is 6.82. The lowest BCUT2D eigenvalue weighted by molar-refractivity contribution is -0.118. The fourth-order valence-corrected chi connectivity index (χ4v) is 3.45. The molecular weight excluding hydrogens is 410 g/mol. The number of carbonyl (C=O) groups is 1. The number of amides is 1. The van der Waals surface area contributed by atoms with Crippen molar-refractivity contribution in [2.24, 2.45) is 0 Å². The van der Waals surface area contributed by atoms with E-state index >= 15 is 0 Å². The van der Waals surface area contributed by atoms with Gasteiger partial charge in [0.2, 0.25) is 5.91 Å². The SMILES string of the molecule is CC(C)c1ccc(-n2cnnc2SCC(=O)NCc2ccc(OC(F)F)cc2)cc1. The zero-order valence-corrected chi connectivity index (χ0v) is 17.4. The van der Waals surface area contributed by atoms with Gasteiger partial charge in [-0.2, -0.15) is 8.78 Å². The quantitative estimate of drug-likeness (QED) is 0.508. The number of rotatable bonds is 9. The summed E-state index contributed by atoms with van der Waals surface area (Å²) in [6.07, 6.45) is 1.62. The molecule has 6 nitrogen and oxygen atoms in total. The van der Waals surface area contributed by atoms with Gasteiger partial charge in [0.05, 0.1) is 5.75 Å². The van der Waals surface area contributed by atoms with Gasteiger partial charge in [-0.05, 0) is 41.3 Å². The summed E-state index contributed by atoms with van der Waals surface area (Å²) in [6.45, 7) is 1.71. The van der Waals surface area contributed by atoms with Crippen molar-refractivity contribution in [3.05, 3.63) is 66.0 Å². The number of carbonyl (C=O) groups excluding carboxylic acids is 1. The molecule has 1 heterocycles. The Morgan fingerprint density at radius 2 is 1.83 bits per heavy atom. The molecule has 158 valence electrons. The third-order valence-electron chi connectivity index (χ3n) is 4.32. The normalized spacial score (nSPS) is 11.1. The van der Waals surface area contributed by atoms with E-state index in [1.165, 1.54) is 29.5 Å². The lowest BCUT2D eigenvalue weighted by Crippen LogP contribution is -2.24. The molecule has 9 heteroatoms. The molecular formula is C21H22F2N4O2S. The molecule has 0 aliphatic rings. The largest absolute Gasteiger partial charge is 0.435 e. The summed E-state index contributed by atoms with van der Waals surface area (Å²) in [5, 5.41) is 11.5. The van der Waals surface area contributed by atoms with Gasteiger partial charge in [0.15, 0.2) is 5.16 Å². The number of benzene rings is 2.